The summed E-state index contributed by atoms with van der Waals surface area (Å²) in [7, 11) is 0. The van der Waals surface area contributed by atoms with Gasteiger partial charge >= 0.3 is 6.03 Å². The maximum absolute atomic E-state index is 10.5. The van der Waals surface area contributed by atoms with Gasteiger partial charge < -0.3 is 11.1 Å². The van der Waals surface area contributed by atoms with Crippen molar-refractivity contribution in [2.45, 2.75) is 0 Å². The molecule has 0 saturated heterocycles. The van der Waals surface area contributed by atoms with Gasteiger partial charge in [0.15, 0.2) is 0 Å². The highest BCUT2D eigenvalue weighted by Gasteiger charge is 2.00. The fraction of sp³-hybridized carbons (Fsp3) is 0. The molecular formula is C7H7N5O. The topological polar surface area (TPSA) is 104 Å². The van der Waals surface area contributed by atoms with E-state index in [1.54, 1.807) is 24.3 Å². The van der Waals surface area contributed by atoms with Gasteiger partial charge in [0.05, 0.1) is 11.4 Å². The van der Waals surface area contributed by atoms with E-state index in [-0.39, 0.29) is 0 Å². The molecule has 0 heterocycles. The first-order valence-electron chi connectivity index (χ1n) is 3.44. The average molecular weight is 177 g/mol. The summed E-state index contributed by atoms with van der Waals surface area (Å²) < 4.78 is 0. The number of benzene rings is 1. The Morgan fingerprint density at radius 1 is 1.54 bits per heavy atom. The third-order valence-electron chi connectivity index (χ3n) is 1.31. The number of carbonyl (C=O) groups is 1. The number of carbonyl (C=O) groups excluding carboxylic acids is 1. The largest absolute Gasteiger partial charge is 0.351 e. The van der Waals surface area contributed by atoms with Crippen LogP contribution in [0.15, 0.2) is 29.4 Å². The van der Waals surface area contributed by atoms with Gasteiger partial charge in [-0.15, -0.1) is 0 Å². The smallest absolute Gasteiger partial charge is 0.316 e. The Labute approximate surface area is 74.0 Å². The number of hydrogen-bond donors (Lipinski definition) is 2. The zero-order valence-electron chi connectivity index (χ0n) is 6.64. The maximum Gasteiger partial charge on any atom is 0.316 e. The lowest BCUT2D eigenvalue weighted by Gasteiger charge is -2.03. The minimum absolute atomic E-state index is 0.337. The lowest BCUT2D eigenvalue weighted by molar-refractivity contribution is 0.259. The first-order valence-corrected chi connectivity index (χ1v) is 3.44. The molecule has 6 heteroatoms. The molecule has 0 radical (unpaired) electrons. The van der Waals surface area contributed by atoms with E-state index in [1.165, 1.54) is 0 Å². The van der Waals surface area contributed by atoms with Crippen molar-refractivity contribution in [1.29, 1.82) is 0 Å². The molecule has 0 spiro atoms. The van der Waals surface area contributed by atoms with Crippen molar-refractivity contribution in [3.63, 3.8) is 0 Å². The second kappa shape index (κ2) is 3.99. The number of anilines is 1. The molecule has 0 fully saturated rings. The summed E-state index contributed by atoms with van der Waals surface area (Å²) in [5, 5.41) is 5.70. The third kappa shape index (κ3) is 2.39. The van der Waals surface area contributed by atoms with E-state index in [0.717, 1.165) is 0 Å². The maximum atomic E-state index is 10.5. The molecule has 1 aromatic rings. The number of azide groups is 1. The Morgan fingerprint density at radius 3 is 2.85 bits per heavy atom. The van der Waals surface area contributed by atoms with Crippen LogP contribution in [-0.4, -0.2) is 6.03 Å². The Balaban J connectivity index is 3.04. The first kappa shape index (κ1) is 8.89. The van der Waals surface area contributed by atoms with E-state index >= 15 is 0 Å². The van der Waals surface area contributed by atoms with Gasteiger partial charge in [-0.05, 0) is 11.6 Å². The van der Waals surface area contributed by atoms with Crippen LogP contribution in [0.5, 0.6) is 0 Å². The summed E-state index contributed by atoms with van der Waals surface area (Å²) in [5.41, 5.74) is 13.8. The highest BCUT2D eigenvalue weighted by atomic mass is 16.2. The van der Waals surface area contributed by atoms with Crippen LogP contribution in [0.3, 0.4) is 0 Å². The first-order chi connectivity index (χ1) is 6.24. The average Bonchev–Trinajstić information content (AvgIpc) is 2.08. The third-order valence-corrected chi connectivity index (χ3v) is 1.31. The van der Waals surface area contributed by atoms with Crippen molar-refractivity contribution in [3.8, 4) is 0 Å². The lowest BCUT2D eigenvalue weighted by atomic mass is 10.3. The normalized spacial score (nSPS) is 8.62. The van der Waals surface area contributed by atoms with Crippen LogP contribution >= 0.6 is 0 Å². The van der Waals surface area contributed by atoms with Crippen molar-refractivity contribution in [2.24, 2.45) is 10.8 Å². The number of amides is 2. The van der Waals surface area contributed by atoms with E-state index < -0.39 is 6.03 Å². The predicted molar refractivity (Wildman–Crippen MR) is 48.5 cm³/mol. The van der Waals surface area contributed by atoms with Crippen molar-refractivity contribution in [3.05, 3.63) is 34.7 Å². The molecule has 0 aliphatic heterocycles. The Kier molecular flexibility index (Phi) is 2.73. The van der Waals surface area contributed by atoms with Gasteiger partial charge in [0.1, 0.15) is 0 Å². The molecule has 0 aliphatic rings. The van der Waals surface area contributed by atoms with Crippen LogP contribution in [0.2, 0.25) is 0 Å². The molecule has 0 saturated carbocycles. The summed E-state index contributed by atoms with van der Waals surface area (Å²) in [5.74, 6) is 0. The SMILES string of the molecule is [N-]=[N+]=Nc1ccccc1NC(N)=O. The van der Waals surface area contributed by atoms with E-state index in [1.807, 2.05) is 0 Å². The number of primary amides is 1. The number of nitrogens with zero attached hydrogens (tertiary/aromatic N) is 3. The van der Waals surface area contributed by atoms with Gasteiger partial charge in [0.2, 0.25) is 0 Å². The Bertz CT molecular complexity index is 369. The molecule has 6 nitrogen and oxygen atoms in total. The fourth-order valence-electron chi connectivity index (χ4n) is 0.847. The summed E-state index contributed by atoms with van der Waals surface area (Å²) in [6.45, 7) is 0. The number of rotatable bonds is 2. The molecule has 1 aromatic carbocycles. The van der Waals surface area contributed by atoms with Crippen molar-refractivity contribution < 1.29 is 4.79 Å². The van der Waals surface area contributed by atoms with Gasteiger partial charge in [-0.1, -0.05) is 23.3 Å². The summed E-state index contributed by atoms with van der Waals surface area (Å²) in [6, 6.07) is 5.86. The number of nitrogens with two attached hydrogens (primary N) is 1. The quantitative estimate of drug-likeness (QED) is 0.403. The standard InChI is InChI=1S/C7H7N5O/c8-7(13)10-5-3-1-2-4-6(5)11-12-9/h1-4H,(H3,8,10,13). The number of hydrogen-bond acceptors (Lipinski definition) is 2. The zero-order valence-corrected chi connectivity index (χ0v) is 6.64. The van der Waals surface area contributed by atoms with Crippen LogP contribution in [-0.2, 0) is 0 Å². The molecule has 0 bridgehead atoms. The minimum Gasteiger partial charge on any atom is -0.351 e. The van der Waals surface area contributed by atoms with Crippen molar-refractivity contribution in [2.75, 3.05) is 5.32 Å². The van der Waals surface area contributed by atoms with Crippen LogP contribution in [0.4, 0.5) is 16.2 Å². The molecule has 3 N–H and O–H groups in total. The van der Waals surface area contributed by atoms with Gasteiger partial charge in [0, 0.05) is 4.91 Å². The zero-order chi connectivity index (χ0) is 9.68. The summed E-state index contributed by atoms with van der Waals surface area (Å²) >= 11 is 0. The van der Waals surface area contributed by atoms with E-state index in [4.69, 9.17) is 11.3 Å². The summed E-state index contributed by atoms with van der Waals surface area (Å²) in [6.07, 6.45) is 0. The molecule has 0 aromatic heterocycles. The second-order valence-corrected chi connectivity index (χ2v) is 2.20. The Morgan fingerprint density at radius 2 is 2.23 bits per heavy atom. The number of urea groups is 1. The van der Waals surface area contributed by atoms with Crippen LogP contribution < -0.4 is 11.1 Å². The van der Waals surface area contributed by atoms with Crippen LogP contribution in [0.1, 0.15) is 0 Å². The monoisotopic (exact) mass is 177 g/mol. The molecule has 13 heavy (non-hydrogen) atoms. The van der Waals surface area contributed by atoms with E-state index in [2.05, 4.69) is 15.3 Å². The fourth-order valence-corrected chi connectivity index (χ4v) is 0.847. The second-order valence-electron chi connectivity index (χ2n) is 2.20. The Hall–Kier alpha value is -2.20. The predicted octanol–water partition coefficient (Wildman–Crippen LogP) is 2.12. The molecule has 1 rings (SSSR count). The molecule has 0 atom stereocenters. The van der Waals surface area contributed by atoms with Gasteiger partial charge in [-0.3, -0.25) is 0 Å². The number of nitrogens with one attached hydrogen (secondary N) is 1. The molecule has 66 valence electrons. The van der Waals surface area contributed by atoms with Gasteiger partial charge in [-0.25, -0.2) is 4.79 Å². The van der Waals surface area contributed by atoms with E-state index in [0.29, 0.717) is 11.4 Å². The van der Waals surface area contributed by atoms with Crippen molar-refractivity contribution >= 4 is 17.4 Å². The molecule has 2 amide bonds. The van der Waals surface area contributed by atoms with Gasteiger partial charge in [-0.2, -0.15) is 0 Å². The lowest BCUT2D eigenvalue weighted by Crippen LogP contribution is -2.19. The highest BCUT2D eigenvalue weighted by Crippen LogP contribution is 2.23. The minimum atomic E-state index is -0.694. The summed E-state index contributed by atoms with van der Waals surface area (Å²) in [4.78, 5) is 13.1. The molecular weight excluding hydrogens is 170 g/mol. The highest BCUT2D eigenvalue weighted by molar-refractivity contribution is 5.91. The van der Waals surface area contributed by atoms with Crippen molar-refractivity contribution in [1.82, 2.24) is 0 Å². The van der Waals surface area contributed by atoms with Crippen LogP contribution in [0.25, 0.3) is 10.4 Å². The van der Waals surface area contributed by atoms with E-state index in [9.17, 15) is 4.79 Å². The molecule has 0 unspecified atom stereocenters. The van der Waals surface area contributed by atoms with Crippen LogP contribution in [0, 0.1) is 0 Å². The molecule has 0 aliphatic carbocycles. The number of para-hydroxylation sites is 1. The van der Waals surface area contributed by atoms with Gasteiger partial charge in [0.25, 0.3) is 0 Å².